The van der Waals surface area contributed by atoms with Crippen molar-refractivity contribution in [3.05, 3.63) is 11.4 Å². The molecular weight excluding hydrogens is 224 g/mol. The molecule has 1 heterocycles. The van der Waals surface area contributed by atoms with Gasteiger partial charge < -0.3 is 20.7 Å². The van der Waals surface area contributed by atoms with Crippen LogP contribution in [0.25, 0.3) is 0 Å². The number of aliphatic hydroxyl groups excluding tert-OH is 1. The van der Waals surface area contributed by atoms with Gasteiger partial charge in [-0.1, -0.05) is 0 Å². The summed E-state index contributed by atoms with van der Waals surface area (Å²) in [5.41, 5.74) is 0.952. The van der Waals surface area contributed by atoms with Gasteiger partial charge in [0.25, 0.3) is 11.9 Å². The Balaban J connectivity index is 0.00000144. The van der Waals surface area contributed by atoms with Gasteiger partial charge in [0.15, 0.2) is 5.69 Å². The predicted molar refractivity (Wildman–Crippen MR) is 43.2 cm³/mol. The fraction of sp³-hybridized carbons (Fsp3) is 0.333. The number of nitrogens with one attached hydrogen (secondary N) is 1. The number of imidazole rings is 1. The number of aromatic nitrogens is 2. The normalized spacial score (nSPS) is 10.8. The summed E-state index contributed by atoms with van der Waals surface area (Å²) in [6.45, 7) is 1.73. The maximum Gasteiger partial charge on any atom is 0.294 e. The molecule has 0 aromatic carbocycles. The Morgan fingerprint density at radius 2 is 2.31 bits per heavy atom. The molecule has 1 aromatic rings. The number of nitrogens with zero attached hydrogens (tertiary/aromatic N) is 2. The van der Waals surface area contributed by atoms with E-state index in [0.29, 0.717) is 17.4 Å². The van der Waals surface area contributed by atoms with Crippen molar-refractivity contribution in [1.82, 2.24) is 9.97 Å². The second kappa shape index (κ2) is 4.73. The zero-order valence-corrected chi connectivity index (χ0v) is 8.07. The quantitative estimate of drug-likeness (QED) is 0.219. The van der Waals surface area contributed by atoms with Crippen molar-refractivity contribution in [3.8, 4) is 6.01 Å². The van der Waals surface area contributed by atoms with Crippen LogP contribution >= 0.6 is 0 Å². The Hall–Kier alpha value is -1.20. The summed E-state index contributed by atoms with van der Waals surface area (Å²) in [6, 6.07) is 0.317. The molecule has 0 atom stereocenters. The van der Waals surface area contributed by atoms with Crippen LogP contribution in [0, 0.1) is 6.92 Å². The Bertz CT molecular complexity index is 310. The molecule has 0 aliphatic heterocycles. The summed E-state index contributed by atoms with van der Waals surface area (Å²) < 4.78 is 4.80. The first kappa shape index (κ1) is 11.8. The van der Waals surface area contributed by atoms with Crippen molar-refractivity contribution in [2.75, 3.05) is 7.11 Å². The van der Waals surface area contributed by atoms with E-state index in [-0.39, 0.29) is 23.0 Å². The third kappa shape index (κ3) is 2.37. The van der Waals surface area contributed by atoms with Crippen LogP contribution in [0.3, 0.4) is 0 Å². The molecule has 77 valence electrons. The first-order valence-corrected chi connectivity index (χ1v) is 3.26. The smallest absolute Gasteiger partial charge is 0.294 e. The average Bonchev–Trinajstić information content (AvgIpc) is 2.45. The number of hydrogen-bond acceptors (Lipinski definition) is 4. The maximum atomic E-state index is 9.11. The molecule has 0 saturated carbocycles. The number of H-pyrrole nitrogens is 1. The molecule has 4 N–H and O–H groups in total. The molecule has 0 unspecified atom stereocenters. The third-order valence-corrected chi connectivity index (χ3v) is 1.39. The van der Waals surface area contributed by atoms with Crippen LogP contribution in [-0.4, -0.2) is 28.1 Å². The van der Waals surface area contributed by atoms with Gasteiger partial charge in [-0.2, -0.15) is 4.98 Å². The second-order valence-corrected chi connectivity index (χ2v) is 2.17. The molecule has 1 radical (unpaired) electrons. The summed E-state index contributed by atoms with van der Waals surface area (Å²) in [7, 11) is 1.47. The van der Waals surface area contributed by atoms with Crippen LogP contribution in [-0.2, 0) is 17.1 Å². The van der Waals surface area contributed by atoms with E-state index in [2.05, 4.69) is 15.1 Å². The summed E-state index contributed by atoms with van der Waals surface area (Å²) in [5.74, 6) is 4.55. The minimum Gasteiger partial charge on any atom is -0.491 e. The van der Waals surface area contributed by atoms with E-state index >= 15 is 0 Å². The molecule has 1 aromatic heterocycles. The maximum absolute atomic E-state index is 9.11. The van der Waals surface area contributed by atoms with E-state index < -0.39 is 0 Å². The molecule has 0 fully saturated rings. The SMILES string of the molecule is COc1nc(/C(O)=N/N)c(C)[nH]1.[Cu]. The molecule has 0 saturated heterocycles. The molecule has 0 bridgehead atoms. The number of nitrogens with two attached hydrogens (primary N) is 1. The number of aromatic amines is 1. The van der Waals surface area contributed by atoms with Crippen LogP contribution in [0.2, 0.25) is 0 Å². The molecule has 0 spiro atoms. The molecule has 1 rings (SSSR count). The molecule has 6 nitrogen and oxygen atoms in total. The molecule has 13 heavy (non-hydrogen) atoms. The van der Waals surface area contributed by atoms with Crippen LogP contribution in [0.15, 0.2) is 5.10 Å². The van der Waals surface area contributed by atoms with Crippen LogP contribution < -0.4 is 10.6 Å². The number of hydrazone groups is 1. The first-order valence-electron chi connectivity index (χ1n) is 3.26. The predicted octanol–water partition coefficient (Wildman–Crippen LogP) is -0.0975. The number of methoxy groups -OCH3 is 1. The summed E-state index contributed by atoms with van der Waals surface area (Å²) >= 11 is 0. The van der Waals surface area contributed by atoms with Gasteiger partial charge in [-0.25, -0.2) is 0 Å². The van der Waals surface area contributed by atoms with E-state index in [9.17, 15) is 0 Å². The van der Waals surface area contributed by atoms with E-state index in [1.807, 2.05) is 0 Å². The van der Waals surface area contributed by atoms with Crippen molar-refractivity contribution in [3.63, 3.8) is 0 Å². The fourth-order valence-corrected chi connectivity index (χ4v) is 0.808. The third-order valence-electron chi connectivity index (χ3n) is 1.39. The number of ether oxygens (including phenoxy) is 1. The summed E-state index contributed by atoms with van der Waals surface area (Å²) in [4.78, 5) is 6.64. The summed E-state index contributed by atoms with van der Waals surface area (Å²) in [5, 5.41) is 12.2. The molecule has 0 aliphatic carbocycles. The van der Waals surface area contributed by atoms with Crippen molar-refractivity contribution in [1.29, 1.82) is 0 Å². The minimum absolute atomic E-state index is 0. The molecular formula is C6H10CuN4O2. The van der Waals surface area contributed by atoms with Gasteiger partial charge in [0.05, 0.1) is 7.11 Å². The summed E-state index contributed by atoms with van der Waals surface area (Å²) in [6.07, 6.45) is 0. The monoisotopic (exact) mass is 233 g/mol. The van der Waals surface area contributed by atoms with Crippen LogP contribution in [0.4, 0.5) is 0 Å². The number of rotatable bonds is 2. The molecule has 7 heteroatoms. The zero-order valence-electron chi connectivity index (χ0n) is 7.13. The number of hydrogen-bond donors (Lipinski definition) is 3. The van der Waals surface area contributed by atoms with Gasteiger partial charge in [0, 0.05) is 22.8 Å². The Morgan fingerprint density at radius 1 is 1.69 bits per heavy atom. The minimum atomic E-state index is -0.313. The van der Waals surface area contributed by atoms with Gasteiger partial charge in [0.1, 0.15) is 0 Å². The topological polar surface area (TPSA) is 96.5 Å². The van der Waals surface area contributed by atoms with Gasteiger partial charge in [-0.15, -0.1) is 5.10 Å². The van der Waals surface area contributed by atoms with Crippen LogP contribution in [0.1, 0.15) is 11.4 Å². The van der Waals surface area contributed by atoms with Crippen molar-refractivity contribution < 1.29 is 26.9 Å². The van der Waals surface area contributed by atoms with E-state index in [1.54, 1.807) is 6.92 Å². The first-order chi connectivity index (χ1) is 5.69. The number of aryl methyl sites for hydroxylation is 1. The van der Waals surface area contributed by atoms with Crippen molar-refractivity contribution in [2.45, 2.75) is 6.92 Å². The second-order valence-electron chi connectivity index (χ2n) is 2.17. The zero-order chi connectivity index (χ0) is 9.14. The van der Waals surface area contributed by atoms with E-state index in [0.717, 1.165) is 0 Å². The average molecular weight is 234 g/mol. The van der Waals surface area contributed by atoms with Crippen molar-refractivity contribution in [2.24, 2.45) is 10.9 Å². The Labute approximate surface area is 85.7 Å². The van der Waals surface area contributed by atoms with Gasteiger partial charge >= 0.3 is 0 Å². The van der Waals surface area contributed by atoms with Gasteiger partial charge in [0.2, 0.25) is 0 Å². The number of aliphatic hydroxyl groups is 1. The Morgan fingerprint density at radius 3 is 2.69 bits per heavy atom. The van der Waals surface area contributed by atoms with Crippen molar-refractivity contribution >= 4 is 5.90 Å². The molecule has 0 aliphatic rings. The van der Waals surface area contributed by atoms with Gasteiger partial charge in [-0.05, 0) is 6.92 Å². The van der Waals surface area contributed by atoms with E-state index in [4.69, 9.17) is 15.7 Å². The standard InChI is InChI=1S/C6H10N4O2.Cu/c1-3-4(5(11)10-7)9-6(8-3)12-2;/h7H2,1-2H3,(H,8,9)(H,10,11);. The Kier molecular flexibility index (Phi) is 4.30. The van der Waals surface area contributed by atoms with Gasteiger partial charge in [-0.3, -0.25) is 0 Å². The molecule has 0 amide bonds. The fourth-order valence-electron chi connectivity index (χ4n) is 0.808. The van der Waals surface area contributed by atoms with E-state index in [1.165, 1.54) is 7.11 Å². The largest absolute Gasteiger partial charge is 0.491 e. The van der Waals surface area contributed by atoms with Crippen LogP contribution in [0.5, 0.6) is 6.01 Å².